The van der Waals surface area contributed by atoms with Gasteiger partial charge in [0.1, 0.15) is 5.82 Å². The summed E-state index contributed by atoms with van der Waals surface area (Å²) < 4.78 is 0. The number of urea groups is 1. The number of hydrogen-bond donors (Lipinski definition) is 3. The normalized spacial score (nSPS) is 15.5. The second kappa shape index (κ2) is 8.49. The first-order valence-corrected chi connectivity index (χ1v) is 8.05. The van der Waals surface area contributed by atoms with Crippen LogP contribution in [0.5, 0.6) is 0 Å². The van der Waals surface area contributed by atoms with Gasteiger partial charge in [0.05, 0.1) is 11.9 Å². The van der Waals surface area contributed by atoms with Gasteiger partial charge in [0.25, 0.3) is 0 Å². The number of anilines is 2. The second-order valence-corrected chi connectivity index (χ2v) is 5.65. The van der Waals surface area contributed by atoms with Gasteiger partial charge < -0.3 is 10.6 Å². The maximum Gasteiger partial charge on any atom is 0.320 e. The van der Waals surface area contributed by atoms with Crippen LogP contribution in [0.25, 0.3) is 0 Å². The van der Waals surface area contributed by atoms with Crippen LogP contribution in [0.15, 0.2) is 18.3 Å². The molecule has 2 rings (SSSR count). The molecule has 0 spiro atoms. The molecule has 5 heteroatoms. The molecule has 1 aromatic heterocycles. The number of nitrogens with one attached hydrogen (secondary N) is 3. The monoisotopic (exact) mass is 290 g/mol. The van der Waals surface area contributed by atoms with Crippen LogP contribution in [0.1, 0.15) is 51.9 Å². The van der Waals surface area contributed by atoms with E-state index >= 15 is 0 Å². The third-order valence-corrected chi connectivity index (χ3v) is 3.80. The number of amides is 2. The first-order valence-electron chi connectivity index (χ1n) is 8.05. The highest BCUT2D eigenvalue weighted by molar-refractivity contribution is 5.88. The van der Waals surface area contributed by atoms with Gasteiger partial charge in [-0.1, -0.05) is 32.6 Å². The molecular weight excluding hydrogens is 264 g/mol. The third-order valence-electron chi connectivity index (χ3n) is 3.80. The summed E-state index contributed by atoms with van der Waals surface area (Å²) in [4.78, 5) is 16.2. The highest BCUT2D eigenvalue weighted by Gasteiger charge is 2.15. The predicted molar refractivity (Wildman–Crippen MR) is 86.7 cm³/mol. The van der Waals surface area contributed by atoms with Crippen LogP contribution in [0.3, 0.4) is 0 Å². The molecule has 0 aromatic carbocycles. The fourth-order valence-corrected chi connectivity index (χ4v) is 2.57. The van der Waals surface area contributed by atoms with Crippen LogP contribution < -0.4 is 16.0 Å². The van der Waals surface area contributed by atoms with Crippen molar-refractivity contribution in [1.82, 2.24) is 10.3 Å². The minimum atomic E-state index is -0.152. The molecule has 116 valence electrons. The smallest absolute Gasteiger partial charge is 0.320 e. The molecule has 0 unspecified atom stereocenters. The van der Waals surface area contributed by atoms with Crippen LogP contribution in [0, 0.1) is 0 Å². The Morgan fingerprint density at radius 1 is 1.29 bits per heavy atom. The Morgan fingerprint density at radius 2 is 2.10 bits per heavy atom. The Hall–Kier alpha value is -1.78. The fraction of sp³-hybridized carbons (Fsp3) is 0.625. The lowest BCUT2D eigenvalue weighted by Crippen LogP contribution is -2.39. The van der Waals surface area contributed by atoms with Crippen LogP contribution in [-0.4, -0.2) is 23.6 Å². The van der Waals surface area contributed by atoms with Gasteiger partial charge in [-0.3, -0.25) is 5.32 Å². The Labute approximate surface area is 126 Å². The highest BCUT2D eigenvalue weighted by Crippen LogP contribution is 2.17. The molecule has 3 N–H and O–H groups in total. The summed E-state index contributed by atoms with van der Waals surface area (Å²) in [7, 11) is 0. The van der Waals surface area contributed by atoms with Gasteiger partial charge in [-0.05, 0) is 31.4 Å². The third kappa shape index (κ3) is 5.61. The van der Waals surface area contributed by atoms with Gasteiger partial charge in [0.2, 0.25) is 0 Å². The average Bonchev–Trinajstić information content (AvgIpc) is 2.50. The van der Waals surface area contributed by atoms with E-state index in [-0.39, 0.29) is 6.03 Å². The number of unbranched alkanes of at least 4 members (excludes halogenated alkanes) is 1. The Balaban J connectivity index is 1.75. The topological polar surface area (TPSA) is 66.0 Å². The molecular formula is C16H26N4O. The molecule has 1 fully saturated rings. The molecule has 1 heterocycles. The molecule has 2 amide bonds. The zero-order valence-corrected chi connectivity index (χ0v) is 12.8. The molecule has 1 aliphatic rings. The SMILES string of the molecule is CCCCNc1ccc(NC(=O)NC2CCCCC2)nc1. The molecule has 21 heavy (non-hydrogen) atoms. The Morgan fingerprint density at radius 3 is 2.76 bits per heavy atom. The van der Waals surface area contributed by atoms with Gasteiger partial charge in [0, 0.05) is 12.6 Å². The van der Waals surface area contributed by atoms with Gasteiger partial charge >= 0.3 is 6.03 Å². The Bertz CT molecular complexity index is 426. The lowest BCUT2D eigenvalue weighted by molar-refractivity contribution is 0.244. The fourth-order valence-electron chi connectivity index (χ4n) is 2.57. The first kappa shape index (κ1) is 15.6. The van der Waals surface area contributed by atoms with Crippen LogP contribution >= 0.6 is 0 Å². The van der Waals surface area contributed by atoms with Gasteiger partial charge in [0.15, 0.2) is 0 Å². The van der Waals surface area contributed by atoms with Crippen molar-refractivity contribution in [2.75, 3.05) is 17.2 Å². The van der Waals surface area contributed by atoms with Crippen molar-refractivity contribution in [2.45, 2.75) is 57.9 Å². The van der Waals surface area contributed by atoms with Crippen LogP contribution in [-0.2, 0) is 0 Å². The zero-order chi connectivity index (χ0) is 14.9. The molecule has 0 radical (unpaired) electrons. The van der Waals surface area contributed by atoms with Gasteiger partial charge in [-0.25, -0.2) is 9.78 Å². The van der Waals surface area contributed by atoms with E-state index in [1.807, 2.05) is 12.1 Å². The summed E-state index contributed by atoms with van der Waals surface area (Å²) in [5, 5.41) is 9.11. The van der Waals surface area contributed by atoms with Crippen molar-refractivity contribution < 1.29 is 4.79 Å². The largest absolute Gasteiger partial charge is 0.384 e. The predicted octanol–water partition coefficient (Wildman–Crippen LogP) is 3.75. The van der Waals surface area contributed by atoms with Crippen molar-refractivity contribution in [1.29, 1.82) is 0 Å². The van der Waals surface area contributed by atoms with Crippen LogP contribution in [0.4, 0.5) is 16.3 Å². The number of nitrogens with zero attached hydrogens (tertiary/aromatic N) is 1. The number of pyridine rings is 1. The maximum atomic E-state index is 11.9. The van der Waals surface area contributed by atoms with Crippen molar-refractivity contribution in [3.05, 3.63) is 18.3 Å². The molecule has 5 nitrogen and oxygen atoms in total. The van der Waals surface area contributed by atoms with Crippen molar-refractivity contribution >= 4 is 17.5 Å². The highest BCUT2D eigenvalue weighted by atomic mass is 16.2. The van der Waals surface area contributed by atoms with E-state index in [0.717, 1.165) is 31.5 Å². The maximum absolute atomic E-state index is 11.9. The number of carbonyl (C=O) groups is 1. The molecule has 1 aliphatic carbocycles. The summed E-state index contributed by atoms with van der Waals surface area (Å²) in [6, 6.07) is 3.93. The average molecular weight is 290 g/mol. The summed E-state index contributed by atoms with van der Waals surface area (Å²) in [6.45, 7) is 3.12. The van der Waals surface area contributed by atoms with E-state index in [1.165, 1.54) is 25.7 Å². The van der Waals surface area contributed by atoms with E-state index in [4.69, 9.17) is 0 Å². The summed E-state index contributed by atoms with van der Waals surface area (Å²) >= 11 is 0. The summed E-state index contributed by atoms with van der Waals surface area (Å²) in [5.41, 5.74) is 0.988. The second-order valence-electron chi connectivity index (χ2n) is 5.65. The number of carbonyl (C=O) groups excluding carboxylic acids is 1. The van der Waals surface area contributed by atoms with Crippen molar-refractivity contribution in [3.63, 3.8) is 0 Å². The molecule has 0 bridgehead atoms. The Kier molecular flexibility index (Phi) is 6.31. The van der Waals surface area contributed by atoms with E-state index < -0.39 is 0 Å². The lowest BCUT2D eigenvalue weighted by atomic mass is 9.96. The number of aromatic nitrogens is 1. The quantitative estimate of drug-likeness (QED) is 0.699. The zero-order valence-electron chi connectivity index (χ0n) is 12.8. The summed E-state index contributed by atoms with van der Waals surface area (Å²) in [5.74, 6) is 0.587. The lowest BCUT2D eigenvalue weighted by Gasteiger charge is -2.22. The molecule has 0 aliphatic heterocycles. The number of rotatable bonds is 6. The van der Waals surface area contributed by atoms with Crippen molar-refractivity contribution in [2.24, 2.45) is 0 Å². The molecule has 1 saturated carbocycles. The van der Waals surface area contributed by atoms with E-state index in [0.29, 0.717) is 11.9 Å². The molecule has 0 atom stereocenters. The minimum Gasteiger partial charge on any atom is -0.384 e. The van der Waals surface area contributed by atoms with Gasteiger partial charge in [-0.2, -0.15) is 0 Å². The van der Waals surface area contributed by atoms with Crippen molar-refractivity contribution in [3.8, 4) is 0 Å². The van der Waals surface area contributed by atoms with Gasteiger partial charge in [-0.15, -0.1) is 0 Å². The standard InChI is InChI=1S/C16H26N4O/c1-2-3-11-17-14-9-10-15(18-12-14)20-16(21)19-13-7-5-4-6-8-13/h9-10,12-13,17H,2-8,11H2,1H3,(H2,18,19,20,21). The van der Waals surface area contributed by atoms with Crippen LogP contribution in [0.2, 0.25) is 0 Å². The summed E-state index contributed by atoms with van der Waals surface area (Å²) in [6.07, 6.45) is 9.94. The van der Waals surface area contributed by atoms with E-state index in [2.05, 4.69) is 27.9 Å². The molecule has 0 saturated heterocycles. The number of hydrogen-bond acceptors (Lipinski definition) is 3. The minimum absolute atomic E-state index is 0.152. The van der Waals surface area contributed by atoms with E-state index in [9.17, 15) is 4.79 Å². The molecule has 1 aromatic rings. The first-order chi connectivity index (χ1) is 10.3. The van der Waals surface area contributed by atoms with E-state index in [1.54, 1.807) is 6.20 Å².